The third-order valence-corrected chi connectivity index (χ3v) is 8.58. The summed E-state index contributed by atoms with van der Waals surface area (Å²) < 4.78 is 5.82. The molecule has 2 aliphatic rings. The molecule has 10 atom stereocenters. The van der Waals surface area contributed by atoms with Crippen LogP contribution in [-0.2, 0) is 21.8 Å². The molecule has 2 rings (SSSR count). The minimum atomic E-state index is -0.130. The molecule has 0 aromatic rings. The summed E-state index contributed by atoms with van der Waals surface area (Å²) in [5.74, 6) is 4.12. The molecular formula is C28H57FeN2O2+. The van der Waals surface area contributed by atoms with Crippen LogP contribution in [0.25, 0.3) is 5.32 Å². The summed E-state index contributed by atoms with van der Waals surface area (Å²) in [7, 11) is 0. The Balaban J connectivity index is 0.000000602. The Kier molecular flexibility index (Phi) is 15.6. The monoisotopic (exact) mass is 509 g/mol. The number of hydrogen-bond donors (Lipinski definition) is 1. The summed E-state index contributed by atoms with van der Waals surface area (Å²) >= 11 is 0. The zero-order chi connectivity index (χ0) is 24.7. The van der Waals surface area contributed by atoms with Crippen molar-refractivity contribution in [2.45, 2.75) is 132 Å². The van der Waals surface area contributed by atoms with Crippen LogP contribution in [0, 0.1) is 35.5 Å². The van der Waals surface area contributed by atoms with Crippen LogP contribution in [0.15, 0.2) is 0 Å². The average molecular weight is 510 g/mol. The summed E-state index contributed by atoms with van der Waals surface area (Å²) in [5.41, 5.74) is 0. The molecule has 1 N–H and O–H groups in total. The van der Waals surface area contributed by atoms with Gasteiger partial charge in [-0.25, -0.2) is 0 Å². The molecule has 1 heterocycles. The van der Waals surface area contributed by atoms with E-state index in [2.05, 4.69) is 86.4 Å². The number of likely N-dealkylation sites (tertiary alicyclic amines) is 1. The predicted octanol–water partition coefficient (Wildman–Crippen LogP) is 6.61. The molecule has 1 saturated heterocycles. The SMILES string of the molecule is CCN1C(C)[C@@H]2CC(C(C)O)[C@H](C)[C@@H]2[C@H]1C.CC[N-]C(C)C(CC(C)OC(C)C)C(C)C.[Fe+2]. The first-order valence-electron chi connectivity index (χ1n) is 13.6. The maximum Gasteiger partial charge on any atom is 2.00 e. The molecule has 0 radical (unpaired) electrons. The zero-order valence-electron chi connectivity index (χ0n) is 23.9. The Labute approximate surface area is 217 Å². The van der Waals surface area contributed by atoms with Crippen molar-refractivity contribution in [1.29, 1.82) is 0 Å². The number of hydrogen-bond acceptors (Lipinski definition) is 3. The summed E-state index contributed by atoms with van der Waals surface area (Å²) in [6.07, 6.45) is 2.87. The molecule has 1 aliphatic carbocycles. The van der Waals surface area contributed by atoms with E-state index < -0.39 is 0 Å². The second-order valence-electron chi connectivity index (χ2n) is 11.4. The molecule has 0 spiro atoms. The zero-order valence-corrected chi connectivity index (χ0v) is 25.0. The van der Waals surface area contributed by atoms with Gasteiger partial charge in [0, 0.05) is 12.1 Å². The van der Waals surface area contributed by atoms with Crippen LogP contribution in [0.2, 0.25) is 0 Å². The maximum atomic E-state index is 9.86. The molecule has 0 amide bonds. The van der Waals surface area contributed by atoms with Crippen molar-refractivity contribution >= 4 is 0 Å². The molecule has 2 fully saturated rings. The van der Waals surface area contributed by atoms with Gasteiger partial charge in [0.2, 0.25) is 0 Å². The van der Waals surface area contributed by atoms with Crippen molar-refractivity contribution < 1.29 is 26.9 Å². The molecule has 33 heavy (non-hydrogen) atoms. The maximum absolute atomic E-state index is 9.86. The summed E-state index contributed by atoms with van der Waals surface area (Å²) in [5, 5.41) is 14.5. The molecule has 5 heteroatoms. The fourth-order valence-corrected chi connectivity index (χ4v) is 7.08. The third kappa shape index (κ3) is 9.07. The Hall–Kier alpha value is 0.359. The van der Waals surface area contributed by atoms with E-state index in [9.17, 15) is 5.11 Å². The standard InChI is InChI=1S/C14H27NO.C14H30NO.Fe/c1-6-15-9(3)13-7-12(11(5)16)8(2)14(13)10(15)4;1-8-15-13(7)14(10(2)3)9-12(6)16-11(4)5;/h8-14,16H,6-7H2,1-5H3;10-14H,8-9H2,1-7H3;/q;-1;+2/t8-,9?,10+,11?,12?,13-,14+;;/m0../s1. The third-order valence-electron chi connectivity index (χ3n) is 8.58. The molecule has 1 saturated carbocycles. The summed E-state index contributed by atoms with van der Waals surface area (Å²) in [4.78, 5) is 2.64. The van der Waals surface area contributed by atoms with Crippen molar-refractivity contribution in [3.63, 3.8) is 0 Å². The number of aliphatic hydroxyl groups excluding tert-OH is 1. The van der Waals surface area contributed by atoms with Crippen molar-refractivity contribution in [2.24, 2.45) is 35.5 Å². The smallest absolute Gasteiger partial charge is 0.660 e. The first-order chi connectivity index (χ1) is 14.9. The van der Waals surface area contributed by atoms with Gasteiger partial charge in [-0.05, 0) is 90.5 Å². The fraction of sp³-hybridized carbons (Fsp3) is 1.00. The van der Waals surface area contributed by atoms with Gasteiger partial charge in [-0.3, -0.25) is 4.90 Å². The topological polar surface area (TPSA) is 46.8 Å². The van der Waals surface area contributed by atoms with Crippen molar-refractivity contribution in [2.75, 3.05) is 13.1 Å². The summed E-state index contributed by atoms with van der Waals surface area (Å²) in [6, 6.07) is 1.85. The van der Waals surface area contributed by atoms with E-state index in [1.807, 2.05) is 6.92 Å². The summed E-state index contributed by atoms with van der Waals surface area (Å²) in [6.45, 7) is 28.7. The van der Waals surface area contributed by atoms with Crippen LogP contribution in [0.5, 0.6) is 0 Å². The van der Waals surface area contributed by atoms with E-state index >= 15 is 0 Å². The Morgan fingerprint density at radius 3 is 1.94 bits per heavy atom. The van der Waals surface area contributed by atoms with Crippen LogP contribution in [0.3, 0.4) is 0 Å². The number of aliphatic hydroxyl groups is 1. The average Bonchev–Trinajstić information content (AvgIpc) is 3.14. The van der Waals surface area contributed by atoms with Gasteiger partial charge in [0.15, 0.2) is 0 Å². The largest absolute Gasteiger partial charge is 2.00 e. The first kappa shape index (κ1) is 33.4. The molecule has 4 nitrogen and oxygen atoms in total. The molecule has 6 unspecified atom stereocenters. The van der Waals surface area contributed by atoms with Crippen LogP contribution in [-0.4, -0.2) is 59.5 Å². The van der Waals surface area contributed by atoms with Gasteiger partial charge >= 0.3 is 17.1 Å². The predicted molar refractivity (Wildman–Crippen MR) is 139 cm³/mol. The minimum absolute atomic E-state index is 0. The van der Waals surface area contributed by atoms with Gasteiger partial charge in [-0.1, -0.05) is 47.5 Å². The normalized spacial score (nSPS) is 33.2. The first-order valence-corrected chi connectivity index (χ1v) is 13.6. The van der Waals surface area contributed by atoms with E-state index in [0.29, 0.717) is 54.0 Å². The van der Waals surface area contributed by atoms with Gasteiger partial charge in [-0.15, -0.1) is 6.04 Å². The number of ether oxygens (including phenoxy) is 1. The molecule has 0 aromatic carbocycles. The number of nitrogens with zero attached hydrogens (tertiary/aromatic N) is 2. The Bertz CT molecular complexity index is 516. The van der Waals surface area contributed by atoms with Crippen LogP contribution in [0.1, 0.15) is 95.9 Å². The number of fused-ring (bicyclic) bond motifs is 1. The Morgan fingerprint density at radius 2 is 1.55 bits per heavy atom. The molecule has 0 bridgehead atoms. The van der Waals surface area contributed by atoms with Crippen LogP contribution >= 0.6 is 0 Å². The van der Waals surface area contributed by atoms with Crippen molar-refractivity contribution in [3.8, 4) is 0 Å². The molecule has 198 valence electrons. The molecule has 1 aliphatic heterocycles. The van der Waals surface area contributed by atoms with Crippen LogP contribution in [0.4, 0.5) is 0 Å². The van der Waals surface area contributed by atoms with Gasteiger partial charge < -0.3 is 15.2 Å². The van der Waals surface area contributed by atoms with Crippen molar-refractivity contribution in [1.82, 2.24) is 4.90 Å². The van der Waals surface area contributed by atoms with Crippen LogP contribution < -0.4 is 0 Å². The second kappa shape index (κ2) is 15.5. The van der Waals surface area contributed by atoms with Gasteiger partial charge in [-0.2, -0.15) is 6.54 Å². The second-order valence-corrected chi connectivity index (χ2v) is 11.4. The minimum Gasteiger partial charge on any atom is -0.660 e. The Morgan fingerprint density at radius 1 is 0.970 bits per heavy atom. The molecule has 0 aromatic heterocycles. The van der Waals surface area contributed by atoms with Gasteiger partial charge in [0.25, 0.3) is 0 Å². The van der Waals surface area contributed by atoms with Gasteiger partial charge in [0.05, 0.1) is 18.3 Å². The van der Waals surface area contributed by atoms with E-state index in [1.54, 1.807) is 0 Å². The fourth-order valence-electron chi connectivity index (χ4n) is 7.08. The van der Waals surface area contributed by atoms with Gasteiger partial charge in [0.1, 0.15) is 0 Å². The van der Waals surface area contributed by atoms with E-state index in [1.165, 1.54) is 13.0 Å². The van der Waals surface area contributed by atoms with E-state index in [0.717, 1.165) is 24.8 Å². The van der Waals surface area contributed by atoms with E-state index in [-0.39, 0.29) is 23.2 Å². The quantitative estimate of drug-likeness (QED) is 0.337. The van der Waals surface area contributed by atoms with E-state index in [4.69, 9.17) is 4.74 Å². The molecular weight excluding hydrogens is 452 g/mol. The number of rotatable bonds is 10. The van der Waals surface area contributed by atoms with Crippen molar-refractivity contribution in [3.05, 3.63) is 5.32 Å².